The second-order valence-corrected chi connectivity index (χ2v) is 9.89. The van der Waals surface area contributed by atoms with E-state index in [4.69, 9.17) is 4.98 Å². The fourth-order valence-electron chi connectivity index (χ4n) is 2.92. The molecule has 1 aliphatic carbocycles. The molecule has 2 aliphatic rings. The van der Waals surface area contributed by atoms with Crippen molar-refractivity contribution in [2.45, 2.75) is 56.3 Å². The minimum Gasteiger partial charge on any atom is -0.294 e. The second-order valence-electron chi connectivity index (χ2n) is 6.90. The molecular formula is C16H22N2OS2. The summed E-state index contributed by atoms with van der Waals surface area (Å²) in [5.74, 6) is 2.17. The highest BCUT2D eigenvalue weighted by Crippen LogP contribution is 2.43. The maximum Gasteiger partial charge on any atom is 0.166 e. The average Bonchev–Trinajstić information content (AvgIpc) is 2.40. The molecule has 0 N–H and O–H groups in total. The number of hydrogen-bond donors (Lipinski definition) is 0. The van der Waals surface area contributed by atoms with Gasteiger partial charge in [0.05, 0.1) is 16.5 Å². The van der Waals surface area contributed by atoms with Crippen LogP contribution in [0.1, 0.15) is 61.2 Å². The zero-order valence-corrected chi connectivity index (χ0v) is 14.7. The lowest BCUT2D eigenvalue weighted by molar-refractivity contribution is 0.0909. The predicted molar refractivity (Wildman–Crippen MR) is 90.2 cm³/mol. The molecule has 0 radical (unpaired) electrons. The fourth-order valence-corrected chi connectivity index (χ4v) is 5.77. The largest absolute Gasteiger partial charge is 0.294 e. The van der Waals surface area contributed by atoms with Crippen molar-refractivity contribution in [1.82, 2.24) is 9.97 Å². The van der Waals surface area contributed by atoms with Crippen LogP contribution in [0.15, 0.2) is 6.20 Å². The van der Waals surface area contributed by atoms with E-state index >= 15 is 0 Å². The maximum absolute atomic E-state index is 12.2. The number of carbonyl (C=O) groups is 1. The van der Waals surface area contributed by atoms with E-state index in [0.29, 0.717) is 22.2 Å². The molecule has 5 heteroatoms. The quantitative estimate of drug-likeness (QED) is 0.784. The summed E-state index contributed by atoms with van der Waals surface area (Å²) >= 11 is 3.97. The molecule has 0 aromatic carbocycles. The molecule has 1 aliphatic heterocycles. The van der Waals surface area contributed by atoms with E-state index in [1.54, 1.807) is 6.20 Å². The molecule has 3 unspecified atom stereocenters. The summed E-state index contributed by atoms with van der Waals surface area (Å²) in [6, 6.07) is 0. The monoisotopic (exact) mass is 322 g/mol. The molecule has 21 heavy (non-hydrogen) atoms. The van der Waals surface area contributed by atoms with E-state index in [-0.39, 0.29) is 11.2 Å². The number of carbonyl (C=O) groups excluding carboxylic acids is 1. The van der Waals surface area contributed by atoms with Crippen molar-refractivity contribution < 1.29 is 4.79 Å². The summed E-state index contributed by atoms with van der Waals surface area (Å²) in [6.07, 6.45) is 3.24. The van der Waals surface area contributed by atoms with Gasteiger partial charge in [-0.15, -0.1) is 11.8 Å². The first-order valence-corrected chi connectivity index (χ1v) is 9.51. The summed E-state index contributed by atoms with van der Waals surface area (Å²) in [5.41, 5.74) is 1.72. The predicted octanol–water partition coefficient (Wildman–Crippen LogP) is 3.93. The third-order valence-corrected chi connectivity index (χ3v) is 7.70. The minimum absolute atomic E-state index is 0.0198. The molecule has 3 nitrogen and oxygen atoms in total. The third kappa shape index (κ3) is 3.14. The summed E-state index contributed by atoms with van der Waals surface area (Å²) in [4.78, 5) is 21.5. The third-order valence-electron chi connectivity index (χ3n) is 4.31. The molecule has 0 bridgehead atoms. The minimum atomic E-state index is 0.0198. The Balaban J connectivity index is 1.88. The van der Waals surface area contributed by atoms with E-state index in [2.05, 4.69) is 32.7 Å². The molecule has 1 fully saturated rings. The lowest BCUT2D eigenvalue weighted by atomic mass is 9.76. The fraction of sp³-hybridized carbons (Fsp3) is 0.688. The number of nitrogens with zero attached hydrogens (tertiary/aromatic N) is 2. The Kier molecular flexibility index (Phi) is 4.08. The lowest BCUT2D eigenvalue weighted by Gasteiger charge is -2.32. The van der Waals surface area contributed by atoms with Gasteiger partial charge in [-0.1, -0.05) is 27.7 Å². The first kappa shape index (κ1) is 15.3. The summed E-state index contributed by atoms with van der Waals surface area (Å²) < 4.78 is 0. The van der Waals surface area contributed by atoms with Crippen LogP contribution in [-0.2, 0) is 6.42 Å². The topological polar surface area (TPSA) is 42.9 Å². The van der Waals surface area contributed by atoms with Crippen LogP contribution in [0, 0.1) is 5.41 Å². The Hall–Kier alpha value is -0.550. The van der Waals surface area contributed by atoms with Crippen LogP contribution >= 0.6 is 23.5 Å². The van der Waals surface area contributed by atoms with Gasteiger partial charge in [0.1, 0.15) is 5.82 Å². The number of aromatic nitrogens is 2. The van der Waals surface area contributed by atoms with E-state index < -0.39 is 0 Å². The number of fused-ring (bicyclic) bond motifs is 1. The van der Waals surface area contributed by atoms with Crippen LogP contribution in [0.2, 0.25) is 0 Å². The van der Waals surface area contributed by atoms with Crippen LogP contribution in [0.5, 0.6) is 0 Å². The molecule has 1 aromatic rings. The van der Waals surface area contributed by atoms with Crippen molar-refractivity contribution in [1.29, 1.82) is 0 Å². The van der Waals surface area contributed by atoms with Crippen molar-refractivity contribution >= 4 is 29.3 Å². The van der Waals surface area contributed by atoms with Crippen LogP contribution in [-0.4, -0.2) is 32.0 Å². The standard InChI is InChI=1S/C16H22N2OS2/c1-9-10(2)21-14(8-20-9)15-17-7-11-12(18-15)5-16(3,4)6-13(11)19/h7,9-10,14H,5-6,8H2,1-4H3. The molecule has 114 valence electrons. The molecule has 0 spiro atoms. The zero-order chi connectivity index (χ0) is 15.2. The van der Waals surface area contributed by atoms with Gasteiger partial charge in [0.15, 0.2) is 5.78 Å². The zero-order valence-electron chi connectivity index (χ0n) is 13.0. The van der Waals surface area contributed by atoms with Gasteiger partial charge in [-0.3, -0.25) is 4.79 Å². The van der Waals surface area contributed by atoms with Gasteiger partial charge in [-0.05, 0) is 11.8 Å². The van der Waals surface area contributed by atoms with Gasteiger partial charge in [0, 0.05) is 28.9 Å². The number of ketones is 1. The first-order valence-electron chi connectivity index (χ1n) is 7.52. The molecule has 0 saturated carbocycles. The Morgan fingerprint density at radius 3 is 2.71 bits per heavy atom. The lowest BCUT2D eigenvalue weighted by Crippen LogP contribution is -2.29. The van der Waals surface area contributed by atoms with Crippen molar-refractivity contribution in [2.75, 3.05) is 5.75 Å². The smallest absolute Gasteiger partial charge is 0.166 e. The molecule has 2 heterocycles. The number of Topliss-reactive ketones (excluding diaryl/α,β-unsaturated/α-hetero) is 1. The van der Waals surface area contributed by atoms with Gasteiger partial charge in [-0.2, -0.15) is 11.8 Å². The second kappa shape index (κ2) is 5.58. The Bertz CT molecular complexity index is 573. The summed E-state index contributed by atoms with van der Waals surface area (Å²) in [7, 11) is 0. The molecular weight excluding hydrogens is 300 g/mol. The SMILES string of the molecule is CC1SCC(c2ncc3c(n2)CC(C)(C)CC3=O)SC1C. The van der Waals surface area contributed by atoms with Gasteiger partial charge >= 0.3 is 0 Å². The highest BCUT2D eigenvalue weighted by Gasteiger charge is 2.34. The van der Waals surface area contributed by atoms with Crippen molar-refractivity contribution in [2.24, 2.45) is 5.41 Å². The van der Waals surface area contributed by atoms with Crippen molar-refractivity contribution in [3.63, 3.8) is 0 Å². The van der Waals surface area contributed by atoms with Gasteiger partial charge in [-0.25, -0.2) is 9.97 Å². The first-order chi connectivity index (χ1) is 9.85. The summed E-state index contributed by atoms with van der Waals surface area (Å²) in [6.45, 7) is 8.85. The Morgan fingerprint density at radius 2 is 2.00 bits per heavy atom. The molecule has 3 rings (SSSR count). The number of hydrogen-bond acceptors (Lipinski definition) is 5. The molecule has 3 atom stereocenters. The van der Waals surface area contributed by atoms with E-state index in [9.17, 15) is 4.79 Å². The van der Waals surface area contributed by atoms with E-state index in [1.165, 1.54) is 0 Å². The highest BCUT2D eigenvalue weighted by atomic mass is 32.2. The van der Waals surface area contributed by atoms with Crippen LogP contribution in [0.25, 0.3) is 0 Å². The van der Waals surface area contributed by atoms with E-state index in [0.717, 1.165) is 29.3 Å². The van der Waals surface area contributed by atoms with E-state index in [1.807, 2.05) is 23.5 Å². The van der Waals surface area contributed by atoms with Crippen LogP contribution in [0.3, 0.4) is 0 Å². The molecule has 0 amide bonds. The molecule has 1 saturated heterocycles. The van der Waals surface area contributed by atoms with Gasteiger partial charge in [0.25, 0.3) is 0 Å². The number of thioether (sulfide) groups is 2. The highest BCUT2D eigenvalue weighted by molar-refractivity contribution is 8.07. The van der Waals surface area contributed by atoms with Crippen LogP contribution in [0.4, 0.5) is 0 Å². The Morgan fingerprint density at radius 1 is 1.24 bits per heavy atom. The Labute approximate surface area is 135 Å². The summed E-state index contributed by atoms with van der Waals surface area (Å²) in [5, 5.41) is 1.66. The van der Waals surface area contributed by atoms with Crippen molar-refractivity contribution in [3.8, 4) is 0 Å². The maximum atomic E-state index is 12.2. The van der Waals surface area contributed by atoms with Gasteiger partial charge in [0.2, 0.25) is 0 Å². The van der Waals surface area contributed by atoms with Crippen molar-refractivity contribution in [3.05, 3.63) is 23.3 Å². The average molecular weight is 322 g/mol. The normalized spacial score (nSPS) is 31.8. The van der Waals surface area contributed by atoms with Crippen LogP contribution < -0.4 is 0 Å². The molecule has 1 aromatic heterocycles. The number of rotatable bonds is 1. The van der Waals surface area contributed by atoms with Gasteiger partial charge < -0.3 is 0 Å².